The summed E-state index contributed by atoms with van der Waals surface area (Å²) >= 11 is 0. The van der Waals surface area contributed by atoms with Crippen molar-refractivity contribution in [2.75, 3.05) is 20.2 Å². The molecule has 0 bridgehead atoms. The Hall–Kier alpha value is -1.61. The molecule has 0 aliphatic carbocycles. The molecule has 2 N–H and O–H groups in total. The molecule has 0 saturated carbocycles. The minimum atomic E-state index is -0.235. The van der Waals surface area contributed by atoms with Crippen LogP contribution in [0.5, 0.6) is 0 Å². The van der Waals surface area contributed by atoms with Crippen LogP contribution in [0.1, 0.15) is 26.3 Å². The van der Waals surface area contributed by atoms with Gasteiger partial charge in [0.05, 0.1) is 17.8 Å². The number of benzene rings is 1. The molecular formula is C18H28IN5O. The van der Waals surface area contributed by atoms with Crippen LogP contribution >= 0.6 is 24.0 Å². The van der Waals surface area contributed by atoms with E-state index in [0.717, 1.165) is 23.8 Å². The van der Waals surface area contributed by atoms with Gasteiger partial charge < -0.3 is 15.4 Å². The Kier molecular flexibility index (Phi) is 8.91. The third-order valence-corrected chi connectivity index (χ3v) is 3.70. The Morgan fingerprint density at radius 2 is 1.96 bits per heavy atom. The fourth-order valence-electron chi connectivity index (χ4n) is 2.06. The first kappa shape index (κ1) is 21.4. The molecule has 0 radical (unpaired) electrons. The zero-order valence-corrected chi connectivity index (χ0v) is 17.7. The van der Waals surface area contributed by atoms with Crippen molar-refractivity contribution in [2.45, 2.75) is 32.9 Å². The van der Waals surface area contributed by atoms with E-state index in [1.807, 2.05) is 42.9 Å². The molecule has 0 aliphatic heterocycles. The number of ether oxygens (including phenoxy) is 1. The molecule has 2 rings (SSSR count). The largest absolute Gasteiger partial charge is 0.377 e. The van der Waals surface area contributed by atoms with E-state index in [1.165, 1.54) is 0 Å². The maximum absolute atomic E-state index is 5.42. The molecule has 1 heterocycles. The van der Waals surface area contributed by atoms with Gasteiger partial charge in [-0.2, -0.15) is 5.10 Å². The second-order valence-electron chi connectivity index (χ2n) is 6.13. The molecule has 0 unspecified atom stereocenters. The van der Waals surface area contributed by atoms with E-state index in [0.29, 0.717) is 13.1 Å². The zero-order valence-electron chi connectivity index (χ0n) is 15.3. The van der Waals surface area contributed by atoms with E-state index >= 15 is 0 Å². The lowest BCUT2D eigenvalue weighted by Gasteiger charge is -2.24. The fraction of sp³-hybridized carbons (Fsp3) is 0.444. The summed E-state index contributed by atoms with van der Waals surface area (Å²) in [5, 5.41) is 10.8. The molecular weight excluding hydrogens is 429 g/mol. The van der Waals surface area contributed by atoms with Crippen molar-refractivity contribution >= 4 is 29.9 Å². The summed E-state index contributed by atoms with van der Waals surface area (Å²) in [7, 11) is 1.72. The number of methoxy groups -OCH3 is 1. The fourth-order valence-corrected chi connectivity index (χ4v) is 2.06. The monoisotopic (exact) mass is 457 g/mol. The van der Waals surface area contributed by atoms with Gasteiger partial charge in [0.25, 0.3) is 0 Å². The van der Waals surface area contributed by atoms with Crippen LogP contribution in [0, 0.1) is 0 Å². The minimum Gasteiger partial charge on any atom is -0.377 e. The van der Waals surface area contributed by atoms with Gasteiger partial charge in [0.15, 0.2) is 5.96 Å². The van der Waals surface area contributed by atoms with E-state index < -0.39 is 0 Å². The number of hydrogen-bond acceptors (Lipinski definition) is 3. The lowest BCUT2D eigenvalue weighted by molar-refractivity contribution is 0.0268. The van der Waals surface area contributed by atoms with Gasteiger partial charge in [-0.05, 0) is 44.5 Å². The summed E-state index contributed by atoms with van der Waals surface area (Å²) in [6.07, 6.45) is 3.70. The predicted molar refractivity (Wildman–Crippen MR) is 113 cm³/mol. The van der Waals surface area contributed by atoms with Gasteiger partial charge in [0.1, 0.15) is 0 Å². The lowest BCUT2D eigenvalue weighted by Crippen LogP contribution is -2.45. The molecule has 0 saturated heterocycles. The van der Waals surface area contributed by atoms with Crippen LogP contribution in [0.3, 0.4) is 0 Å². The van der Waals surface area contributed by atoms with E-state index in [1.54, 1.807) is 13.3 Å². The highest BCUT2D eigenvalue weighted by atomic mass is 127. The maximum Gasteiger partial charge on any atom is 0.191 e. The summed E-state index contributed by atoms with van der Waals surface area (Å²) in [4.78, 5) is 4.63. The predicted octanol–water partition coefficient (Wildman–Crippen LogP) is 2.97. The molecule has 138 valence electrons. The molecule has 0 atom stereocenters. The second kappa shape index (κ2) is 10.4. The molecule has 0 amide bonds. The molecule has 0 aliphatic rings. The molecule has 0 spiro atoms. The Morgan fingerprint density at radius 1 is 1.24 bits per heavy atom. The minimum absolute atomic E-state index is 0. The Labute approximate surface area is 167 Å². The van der Waals surface area contributed by atoms with Crippen molar-refractivity contribution in [3.05, 3.63) is 48.3 Å². The lowest BCUT2D eigenvalue weighted by atomic mass is 10.1. The average molecular weight is 457 g/mol. The van der Waals surface area contributed by atoms with Crippen LogP contribution in [-0.2, 0) is 11.3 Å². The molecule has 25 heavy (non-hydrogen) atoms. The van der Waals surface area contributed by atoms with Crippen LogP contribution < -0.4 is 10.6 Å². The number of nitrogens with zero attached hydrogens (tertiary/aromatic N) is 3. The van der Waals surface area contributed by atoms with E-state index in [2.05, 4.69) is 39.8 Å². The van der Waals surface area contributed by atoms with Gasteiger partial charge in [-0.25, -0.2) is 9.67 Å². The highest BCUT2D eigenvalue weighted by molar-refractivity contribution is 14.0. The first-order valence-electron chi connectivity index (χ1n) is 8.20. The van der Waals surface area contributed by atoms with Crippen LogP contribution in [0.15, 0.2) is 47.7 Å². The third-order valence-electron chi connectivity index (χ3n) is 3.70. The zero-order chi connectivity index (χ0) is 17.4. The van der Waals surface area contributed by atoms with Crippen molar-refractivity contribution in [3.8, 4) is 5.69 Å². The summed E-state index contributed by atoms with van der Waals surface area (Å²) < 4.78 is 7.26. The van der Waals surface area contributed by atoms with Crippen molar-refractivity contribution in [3.63, 3.8) is 0 Å². The van der Waals surface area contributed by atoms with Gasteiger partial charge in [0.2, 0.25) is 0 Å². The standard InChI is InChI=1S/C18H27N5O.HI/c1-5-19-17(21-14-18(2,3)24-4)20-13-15-7-9-16(10-8-15)23-12-6-11-22-23;/h6-12H,5,13-14H2,1-4H3,(H2,19,20,21);1H. The number of nitrogens with one attached hydrogen (secondary N) is 2. The summed E-state index contributed by atoms with van der Waals surface area (Å²) in [6, 6.07) is 10.2. The number of hydrogen-bond donors (Lipinski definition) is 2. The summed E-state index contributed by atoms with van der Waals surface area (Å²) in [6.45, 7) is 8.25. The topological polar surface area (TPSA) is 63.5 Å². The molecule has 1 aromatic heterocycles. The summed E-state index contributed by atoms with van der Waals surface area (Å²) in [5.74, 6) is 0.791. The summed E-state index contributed by atoms with van der Waals surface area (Å²) in [5.41, 5.74) is 1.95. The average Bonchev–Trinajstić information content (AvgIpc) is 3.12. The van der Waals surface area contributed by atoms with Crippen molar-refractivity contribution in [1.29, 1.82) is 0 Å². The SMILES string of the molecule is CCNC(=NCc1ccc(-n2cccn2)cc1)NCC(C)(C)OC.I. The third kappa shape index (κ3) is 7.03. The number of aromatic nitrogens is 2. The highest BCUT2D eigenvalue weighted by Gasteiger charge is 2.16. The van der Waals surface area contributed by atoms with Crippen LogP contribution in [-0.4, -0.2) is 41.5 Å². The number of guanidine groups is 1. The molecule has 2 aromatic rings. The van der Waals surface area contributed by atoms with Crippen molar-refractivity contribution in [1.82, 2.24) is 20.4 Å². The van der Waals surface area contributed by atoms with Crippen molar-refractivity contribution in [2.24, 2.45) is 4.99 Å². The first-order valence-corrected chi connectivity index (χ1v) is 8.20. The molecule has 6 nitrogen and oxygen atoms in total. The molecule has 1 aromatic carbocycles. The smallest absolute Gasteiger partial charge is 0.191 e. The Morgan fingerprint density at radius 3 is 2.52 bits per heavy atom. The van der Waals surface area contributed by atoms with Gasteiger partial charge in [0, 0.05) is 32.6 Å². The van der Waals surface area contributed by atoms with E-state index in [9.17, 15) is 0 Å². The highest BCUT2D eigenvalue weighted by Crippen LogP contribution is 2.09. The van der Waals surface area contributed by atoms with Crippen LogP contribution in [0.25, 0.3) is 5.69 Å². The second-order valence-corrected chi connectivity index (χ2v) is 6.13. The Balaban J connectivity index is 0.00000312. The normalized spacial score (nSPS) is 11.8. The first-order chi connectivity index (χ1) is 11.5. The van der Waals surface area contributed by atoms with E-state index in [-0.39, 0.29) is 29.6 Å². The van der Waals surface area contributed by atoms with Gasteiger partial charge >= 0.3 is 0 Å². The molecule has 0 fully saturated rings. The number of halogens is 1. The number of aliphatic imine (C=N–C) groups is 1. The van der Waals surface area contributed by atoms with Gasteiger partial charge in [-0.3, -0.25) is 0 Å². The van der Waals surface area contributed by atoms with Gasteiger partial charge in [-0.1, -0.05) is 12.1 Å². The number of rotatable bonds is 7. The van der Waals surface area contributed by atoms with Crippen molar-refractivity contribution < 1.29 is 4.74 Å². The van der Waals surface area contributed by atoms with Crippen LogP contribution in [0.2, 0.25) is 0 Å². The molecule has 7 heteroatoms. The Bertz CT molecular complexity index is 638. The van der Waals surface area contributed by atoms with Gasteiger partial charge in [-0.15, -0.1) is 24.0 Å². The van der Waals surface area contributed by atoms with E-state index in [4.69, 9.17) is 4.74 Å². The maximum atomic E-state index is 5.42. The van der Waals surface area contributed by atoms with Crippen LogP contribution in [0.4, 0.5) is 0 Å². The quantitative estimate of drug-likeness (QED) is 0.381.